The second-order valence-corrected chi connectivity index (χ2v) is 8.42. The summed E-state index contributed by atoms with van der Waals surface area (Å²) < 4.78 is 32.8. The molecule has 8 heteroatoms. The van der Waals surface area contributed by atoms with Gasteiger partial charge in [0.05, 0.1) is 9.92 Å². The van der Waals surface area contributed by atoms with E-state index in [1.54, 1.807) is 0 Å². The van der Waals surface area contributed by atoms with E-state index >= 15 is 0 Å². The standard InChI is InChI=1S/C20H25ClN2O4S/c1-2-3-7-12-22-20(24)15-27-19-11-10-17(13-18(19)21)28(25,26)23-14-16-8-5-4-6-9-16/h4-6,8-11,13,23H,2-3,7,12,14-15H2,1H3,(H,22,24). The average molecular weight is 425 g/mol. The van der Waals surface area contributed by atoms with Crippen LogP contribution in [-0.4, -0.2) is 27.5 Å². The van der Waals surface area contributed by atoms with E-state index in [0.717, 1.165) is 24.8 Å². The van der Waals surface area contributed by atoms with Crippen molar-refractivity contribution >= 4 is 27.5 Å². The van der Waals surface area contributed by atoms with Gasteiger partial charge < -0.3 is 10.1 Å². The van der Waals surface area contributed by atoms with Crippen LogP contribution in [0.5, 0.6) is 5.75 Å². The number of hydrogen-bond acceptors (Lipinski definition) is 4. The van der Waals surface area contributed by atoms with Gasteiger partial charge in [0.15, 0.2) is 6.61 Å². The molecule has 0 unspecified atom stereocenters. The Labute approximate surface area is 171 Å². The fraction of sp³-hybridized carbons (Fsp3) is 0.350. The van der Waals surface area contributed by atoms with Gasteiger partial charge in [-0.1, -0.05) is 61.7 Å². The van der Waals surface area contributed by atoms with Crippen molar-refractivity contribution in [3.05, 3.63) is 59.1 Å². The molecule has 2 rings (SSSR count). The molecule has 0 aliphatic rings. The molecular formula is C20H25ClN2O4S. The summed E-state index contributed by atoms with van der Waals surface area (Å²) in [5.74, 6) is 0.0146. The van der Waals surface area contributed by atoms with Crippen LogP contribution in [0.3, 0.4) is 0 Å². The first-order chi connectivity index (χ1) is 13.4. The van der Waals surface area contributed by atoms with Gasteiger partial charge in [-0.2, -0.15) is 0 Å². The largest absolute Gasteiger partial charge is 0.482 e. The third kappa shape index (κ3) is 7.14. The molecule has 0 radical (unpaired) electrons. The highest BCUT2D eigenvalue weighted by molar-refractivity contribution is 7.89. The number of carbonyl (C=O) groups is 1. The number of amides is 1. The molecule has 0 aliphatic carbocycles. The zero-order chi connectivity index (χ0) is 20.4. The number of unbranched alkanes of at least 4 members (excludes halogenated alkanes) is 2. The molecule has 0 heterocycles. The number of benzene rings is 2. The van der Waals surface area contributed by atoms with Crippen molar-refractivity contribution in [2.24, 2.45) is 0 Å². The van der Waals surface area contributed by atoms with Crippen molar-refractivity contribution in [2.45, 2.75) is 37.6 Å². The van der Waals surface area contributed by atoms with Gasteiger partial charge in [-0.15, -0.1) is 0 Å². The van der Waals surface area contributed by atoms with Crippen molar-refractivity contribution < 1.29 is 17.9 Å². The molecule has 0 fully saturated rings. The van der Waals surface area contributed by atoms with E-state index in [1.165, 1.54) is 18.2 Å². The maximum Gasteiger partial charge on any atom is 0.257 e. The van der Waals surface area contributed by atoms with Crippen LogP contribution in [0.15, 0.2) is 53.4 Å². The predicted octanol–water partition coefficient (Wildman–Crippen LogP) is 3.50. The van der Waals surface area contributed by atoms with Gasteiger partial charge in [-0.25, -0.2) is 13.1 Å². The molecule has 0 spiro atoms. The normalized spacial score (nSPS) is 11.2. The fourth-order valence-corrected chi connectivity index (χ4v) is 3.76. The van der Waals surface area contributed by atoms with Crippen LogP contribution >= 0.6 is 11.6 Å². The number of ether oxygens (including phenoxy) is 1. The van der Waals surface area contributed by atoms with Crippen LogP contribution in [0.1, 0.15) is 31.7 Å². The van der Waals surface area contributed by atoms with Crippen molar-refractivity contribution in [3.63, 3.8) is 0 Å². The van der Waals surface area contributed by atoms with Gasteiger partial charge >= 0.3 is 0 Å². The van der Waals surface area contributed by atoms with Crippen LogP contribution in [0, 0.1) is 0 Å². The second-order valence-electron chi connectivity index (χ2n) is 6.25. The Hall–Kier alpha value is -2.09. The Morgan fingerprint density at radius 2 is 1.86 bits per heavy atom. The molecule has 0 aromatic heterocycles. The summed E-state index contributed by atoms with van der Waals surface area (Å²) in [6.07, 6.45) is 3.06. The molecule has 6 nitrogen and oxygen atoms in total. The molecule has 0 bridgehead atoms. The average Bonchev–Trinajstić information content (AvgIpc) is 2.69. The van der Waals surface area contributed by atoms with E-state index < -0.39 is 10.0 Å². The van der Waals surface area contributed by atoms with Gasteiger partial charge in [0.2, 0.25) is 10.0 Å². The molecule has 152 valence electrons. The van der Waals surface area contributed by atoms with Crippen LogP contribution in [-0.2, 0) is 21.4 Å². The molecule has 2 aromatic rings. The lowest BCUT2D eigenvalue weighted by atomic mass is 10.2. The molecule has 0 aliphatic heterocycles. The highest BCUT2D eigenvalue weighted by atomic mass is 35.5. The topological polar surface area (TPSA) is 84.5 Å². The minimum Gasteiger partial charge on any atom is -0.482 e. The number of nitrogens with one attached hydrogen (secondary N) is 2. The Balaban J connectivity index is 1.90. The minimum atomic E-state index is -3.72. The van der Waals surface area contributed by atoms with Crippen LogP contribution in [0.2, 0.25) is 5.02 Å². The second kappa shape index (κ2) is 11.0. The summed E-state index contributed by atoms with van der Waals surface area (Å²) in [4.78, 5) is 11.8. The van der Waals surface area contributed by atoms with Crippen molar-refractivity contribution in [1.29, 1.82) is 0 Å². The summed E-state index contributed by atoms with van der Waals surface area (Å²) in [6, 6.07) is 13.4. The van der Waals surface area contributed by atoms with Gasteiger partial charge in [0.1, 0.15) is 5.75 Å². The van der Waals surface area contributed by atoms with Crippen LogP contribution in [0.25, 0.3) is 0 Å². The summed E-state index contributed by atoms with van der Waals surface area (Å²) in [7, 11) is -3.72. The summed E-state index contributed by atoms with van der Waals surface area (Å²) in [6.45, 7) is 2.70. The van der Waals surface area contributed by atoms with Gasteiger partial charge in [0.25, 0.3) is 5.91 Å². The Kier molecular flexibility index (Phi) is 8.76. The number of rotatable bonds is 11. The smallest absolute Gasteiger partial charge is 0.257 e. The van der Waals surface area contributed by atoms with E-state index in [2.05, 4.69) is 17.0 Å². The van der Waals surface area contributed by atoms with E-state index in [-0.39, 0.29) is 34.7 Å². The van der Waals surface area contributed by atoms with Crippen LogP contribution < -0.4 is 14.8 Å². The van der Waals surface area contributed by atoms with Crippen molar-refractivity contribution in [3.8, 4) is 5.75 Å². The molecule has 2 N–H and O–H groups in total. The van der Waals surface area contributed by atoms with Crippen molar-refractivity contribution in [1.82, 2.24) is 10.0 Å². The zero-order valence-corrected chi connectivity index (χ0v) is 17.4. The molecular weight excluding hydrogens is 400 g/mol. The third-order valence-electron chi connectivity index (χ3n) is 3.98. The molecule has 0 saturated carbocycles. The Morgan fingerprint density at radius 1 is 1.11 bits per heavy atom. The number of sulfonamides is 1. The van der Waals surface area contributed by atoms with Gasteiger partial charge in [-0.05, 0) is 30.2 Å². The monoisotopic (exact) mass is 424 g/mol. The number of hydrogen-bond donors (Lipinski definition) is 2. The highest BCUT2D eigenvalue weighted by Gasteiger charge is 2.16. The summed E-state index contributed by atoms with van der Waals surface area (Å²) in [5, 5.41) is 2.89. The SMILES string of the molecule is CCCCCNC(=O)COc1ccc(S(=O)(=O)NCc2ccccc2)cc1Cl. The molecule has 0 atom stereocenters. The first-order valence-electron chi connectivity index (χ1n) is 9.15. The Morgan fingerprint density at radius 3 is 2.54 bits per heavy atom. The summed E-state index contributed by atoms with van der Waals surface area (Å²) in [5.41, 5.74) is 0.849. The van der Waals surface area contributed by atoms with E-state index in [1.807, 2.05) is 30.3 Å². The van der Waals surface area contributed by atoms with E-state index in [9.17, 15) is 13.2 Å². The lowest BCUT2D eigenvalue weighted by Gasteiger charge is -2.11. The molecule has 2 aromatic carbocycles. The predicted molar refractivity (Wildman–Crippen MR) is 110 cm³/mol. The third-order valence-corrected chi connectivity index (χ3v) is 5.68. The molecule has 1 amide bonds. The summed E-state index contributed by atoms with van der Waals surface area (Å²) >= 11 is 6.13. The van der Waals surface area contributed by atoms with Gasteiger partial charge in [-0.3, -0.25) is 4.79 Å². The van der Waals surface area contributed by atoms with Crippen molar-refractivity contribution in [2.75, 3.05) is 13.2 Å². The van der Waals surface area contributed by atoms with Gasteiger partial charge in [0, 0.05) is 13.1 Å². The quantitative estimate of drug-likeness (QED) is 0.540. The van der Waals surface area contributed by atoms with Crippen LogP contribution in [0.4, 0.5) is 0 Å². The fourth-order valence-electron chi connectivity index (χ4n) is 2.42. The zero-order valence-electron chi connectivity index (χ0n) is 15.8. The Bertz CT molecular complexity index is 873. The molecule has 28 heavy (non-hydrogen) atoms. The first kappa shape index (κ1) is 22.2. The number of halogens is 1. The molecule has 0 saturated heterocycles. The lowest BCUT2D eigenvalue weighted by molar-refractivity contribution is -0.123. The lowest BCUT2D eigenvalue weighted by Crippen LogP contribution is -2.29. The highest BCUT2D eigenvalue weighted by Crippen LogP contribution is 2.27. The van der Waals surface area contributed by atoms with E-state index in [4.69, 9.17) is 16.3 Å². The maximum absolute atomic E-state index is 12.4. The maximum atomic E-state index is 12.4. The van der Waals surface area contributed by atoms with E-state index in [0.29, 0.717) is 6.54 Å². The number of carbonyl (C=O) groups excluding carboxylic acids is 1. The first-order valence-corrected chi connectivity index (χ1v) is 11.0. The minimum absolute atomic E-state index is 0.0322.